The molecule has 2 heterocycles. The summed E-state index contributed by atoms with van der Waals surface area (Å²) in [6, 6.07) is 49.3. The third kappa shape index (κ3) is 3.63. The van der Waals surface area contributed by atoms with E-state index in [1.165, 1.54) is 32.7 Å². The van der Waals surface area contributed by atoms with E-state index in [1.807, 2.05) is 12.1 Å². The fourth-order valence-electron chi connectivity index (χ4n) is 5.78. The van der Waals surface area contributed by atoms with Crippen molar-refractivity contribution in [3.63, 3.8) is 0 Å². The summed E-state index contributed by atoms with van der Waals surface area (Å²) in [6.45, 7) is 0. The molecule has 8 rings (SSSR count). The minimum Gasteiger partial charge on any atom is -0.435 e. The minimum atomic E-state index is 0.647. The first-order valence-corrected chi connectivity index (χ1v) is 13.5. The van der Waals surface area contributed by atoms with Gasteiger partial charge in [-0.05, 0) is 75.1 Å². The van der Waals surface area contributed by atoms with E-state index in [4.69, 9.17) is 4.42 Å². The number of benzene rings is 6. The van der Waals surface area contributed by atoms with Gasteiger partial charge in [-0.3, -0.25) is 0 Å². The molecule has 0 saturated heterocycles. The largest absolute Gasteiger partial charge is 0.435 e. The van der Waals surface area contributed by atoms with Crippen LogP contribution in [0.15, 0.2) is 150 Å². The van der Waals surface area contributed by atoms with Gasteiger partial charge >= 0.3 is 0 Å². The molecule has 0 bridgehead atoms. The van der Waals surface area contributed by atoms with E-state index in [0.29, 0.717) is 5.71 Å². The molecular weight excluding hydrogens is 488 g/mol. The van der Waals surface area contributed by atoms with Crippen molar-refractivity contribution in [2.75, 3.05) is 4.90 Å². The van der Waals surface area contributed by atoms with Crippen LogP contribution in [0.1, 0.15) is 0 Å². The predicted molar refractivity (Wildman–Crippen MR) is 167 cm³/mol. The molecule has 0 aliphatic heterocycles. The summed E-state index contributed by atoms with van der Waals surface area (Å²) >= 11 is 0. The van der Waals surface area contributed by atoms with Crippen LogP contribution < -0.4 is 4.90 Å². The molecule has 3 nitrogen and oxygen atoms in total. The summed E-state index contributed by atoms with van der Waals surface area (Å²) in [7, 11) is 0. The number of aromatic nitrogens is 1. The van der Waals surface area contributed by atoms with Gasteiger partial charge in [0, 0.05) is 28.3 Å². The summed E-state index contributed by atoms with van der Waals surface area (Å²) in [5, 5.41) is 6.98. The molecule has 0 radical (unpaired) electrons. The van der Waals surface area contributed by atoms with E-state index < -0.39 is 0 Å². The molecule has 0 aliphatic rings. The van der Waals surface area contributed by atoms with Gasteiger partial charge in [0.15, 0.2) is 5.58 Å². The first-order chi connectivity index (χ1) is 19.8. The van der Waals surface area contributed by atoms with Gasteiger partial charge in [-0.15, -0.1) is 0 Å². The molecule has 188 valence electrons. The average Bonchev–Trinajstić information content (AvgIpc) is 3.41. The van der Waals surface area contributed by atoms with E-state index in [1.54, 1.807) is 6.20 Å². The van der Waals surface area contributed by atoms with E-state index in [2.05, 4.69) is 137 Å². The van der Waals surface area contributed by atoms with Crippen molar-refractivity contribution in [3.05, 3.63) is 146 Å². The Balaban J connectivity index is 1.38. The van der Waals surface area contributed by atoms with Gasteiger partial charge in [0.05, 0.1) is 5.69 Å². The van der Waals surface area contributed by atoms with Gasteiger partial charge < -0.3 is 9.32 Å². The van der Waals surface area contributed by atoms with Crippen molar-refractivity contribution in [3.8, 4) is 11.1 Å². The molecule has 2 aromatic heterocycles. The Hall–Kier alpha value is -5.41. The highest BCUT2D eigenvalue weighted by atomic mass is 16.3. The maximum absolute atomic E-state index is 6.41. The van der Waals surface area contributed by atoms with Crippen LogP contribution >= 0.6 is 0 Å². The zero-order valence-corrected chi connectivity index (χ0v) is 21.7. The summed E-state index contributed by atoms with van der Waals surface area (Å²) in [6.07, 6.45) is 1.78. The molecule has 3 heteroatoms. The Morgan fingerprint density at radius 3 is 2.02 bits per heavy atom. The molecule has 0 atom stereocenters. The summed E-state index contributed by atoms with van der Waals surface area (Å²) < 4.78 is 6.41. The number of pyridine rings is 1. The first-order valence-electron chi connectivity index (χ1n) is 13.5. The van der Waals surface area contributed by atoms with Crippen LogP contribution in [0.25, 0.3) is 54.7 Å². The molecule has 0 saturated carbocycles. The van der Waals surface area contributed by atoms with Gasteiger partial charge in [-0.25, -0.2) is 4.98 Å². The molecule has 40 heavy (non-hydrogen) atoms. The SMILES string of the molecule is c1ccc(-c2ccc(N(c3ccc4ccc5ccccc5c4c3)c3cccc4c3oc3ncccc34)cc2)cc1. The number of furan rings is 1. The van der Waals surface area contributed by atoms with Crippen LogP contribution in [0, 0.1) is 0 Å². The number of nitrogens with zero attached hydrogens (tertiary/aromatic N) is 2. The van der Waals surface area contributed by atoms with Crippen molar-refractivity contribution < 1.29 is 4.42 Å². The zero-order chi connectivity index (χ0) is 26.5. The van der Waals surface area contributed by atoms with Gasteiger partial charge in [0.1, 0.15) is 0 Å². The maximum atomic E-state index is 6.41. The van der Waals surface area contributed by atoms with Crippen molar-refractivity contribution in [1.29, 1.82) is 0 Å². The normalized spacial score (nSPS) is 11.5. The van der Waals surface area contributed by atoms with Crippen LogP contribution in [-0.2, 0) is 0 Å². The lowest BCUT2D eigenvalue weighted by atomic mass is 10.0. The predicted octanol–water partition coefficient (Wildman–Crippen LogP) is 10.4. The molecule has 0 fully saturated rings. The molecule has 0 N–H and O–H groups in total. The molecule has 0 amide bonds. The third-order valence-corrected chi connectivity index (χ3v) is 7.72. The second kappa shape index (κ2) is 9.11. The lowest BCUT2D eigenvalue weighted by molar-refractivity contribution is 0.654. The minimum absolute atomic E-state index is 0.647. The summed E-state index contributed by atoms with van der Waals surface area (Å²) in [4.78, 5) is 6.79. The Morgan fingerprint density at radius 1 is 0.475 bits per heavy atom. The standard InChI is InChI=1S/C37H24N2O/c1-2-8-25(9-3-1)26-17-20-29(21-18-26)39(35-14-6-12-32-33-13-7-23-38-37(33)40-36(32)35)30-22-19-28-16-15-27-10-4-5-11-31(27)34(28)24-30/h1-24H. The van der Waals surface area contributed by atoms with Crippen LogP contribution in [-0.4, -0.2) is 4.98 Å². The average molecular weight is 513 g/mol. The Morgan fingerprint density at radius 2 is 1.15 bits per heavy atom. The zero-order valence-electron chi connectivity index (χ0n) is 21.7. The van der Waals surface area contributed by atoms with Gasteiger partial charge in [0.2, 0.25) is 5.71 Å². The molecule has 6 aromatic carbocycles. The highest BCUT2D eigenvalue weighted by Crippen LogP contribution is 2.43. The third-order valence-electron chi connectivity index (χ3n) is 7.72. The highest BCUT2D eigenvalue weighted by Gasteiger charge is 2.20. The summed E-state index contributed by atoms with van der Waals surface area (Å²) in [5.74, 6) is 0. The van der Waals surface area contributed by atoms with Crippen molar-refractivity contribution in [2.24, 2.45) is 0 Å². The Bertz CT molecular complexity index is 2160. The van der Waals surface area contributed by atoms with Crippen LogP contribution in [0.4, 0.5) is 17.1 Å². The Labute approximate surface area is 231 Å². The number of rotatable bonds is 4. The lowest BCUT2D eigenvalue weighted by Gasteiger charge is -2.26. The van der Waals surface area contributed by atoms with Crippen LogP contribution in [0.2, 0.25) is 0 Å². The molecular formula is C37H24N2O. The molecule has 0 aliphatic carbocycles. The van der Waals surface area contributed by atoms with Crippen LogP contribution in [0.5, 0.6) is 0 Å². The fraction of sp³-hybridized carbons (Fsp3) is 0. The monoisotopic (exact) mass is 512 g/mol. The first kappa shape index (κ1) is 22.6. The quantitative estimate of drug-likeness (QED) is 0.220. The maximum Gasteiger partial charge on any atom is 0.227 e. The lowest BCUT2D eigenvalue weighted by Crippen LogP contribution is -2.10. The molecule has 0 spiro atoms. The van der Waals surface area contributed by atoms with E-state index >= 15 is 0 Å². The second-order valence-corrected chi connectivity index (χ2v) is 10.1. The molecule has 0 unspecified atom stereocenters. The molecule has 8 aromatic rings. The van der Waals surface area contributed by atoms with E-state index in [9.17, 15) is 0 Å². The number of para-hydroxylation sites is 1. The van der Waals surface area contributed by atoms with Crippen molar-refractivity contribution in [2.45, 2.75) is 0 Å². The second-order valence-electron chi connectivity index (χ2n) is 10.1. The number of anilines is 3. The van der Waals surface area contributed by atoms with Crippen LogP contribution in [0.3, 0.4) is 0 Å². The Kier molecular flexibility index (Phi) is 5.14. The van der Waals surface area contributed by atoms with E-state index in [0.717, 1.165) is 33.4 Å². The highest BCUT2D eigenvalue weighted by molar-refractivity contribution is 6.11. The summed E-state index contributed by atoms with van der Waals surface area (Å²) in [5.41, 5.74) is 6.94. The fourth-order valence-corrected chi connectivity index (χ4v) is 5.78. The van der Waals surface area contributed by atoms with Gasteiger partial charge in [-0.2, -0.15) is 0 Å². The van der Waals surface area contributed by atoms with Gasteiger partial charge in [-0.1, -0.05) is 97.1 Å². The van der Waals surface area contributed by atoms with E-state index in [-0.39, 0.29) is 0 Å². The number of fused-ring (bicyclic) bond motifs is 6. The smallest absolute Gasteiger partial charge is 0.227 e. The topological polar surface area (TPSA) is 29.3 Å². The van der Waals surface area contributed by atoms with Gasteiger partial charge in [0.25, 0.3) is 0 Å². The number of hydrogen-bond donors (Lipinski definition) is 0. The number of hydrogen-bond acceptors (Lipinski definition) is 3. The van der Waals surface area contributed by atoms with Crippen molar-refractivity contribution >= 4 is 60.7 Å². The van der Waals surface area contributed by atoms with Crippen molar-refractivity contribution in [1.82, 2.24) is 4.98 Å².